The molecule has 0 heterocycles. The summed E-state index contributed by atoms with van der Waals surface area (Å²) in [5.41, 5.74) is 0. The molecule has 0 aromatic carbocycles. The molecule has 0 saturated carbocycles. The topological polar surface area (TPSA) is 57.5 Å². The summed E-state index contributed by atoms with van der Waals surface area (Å²) in [6, 6.07) is 0. The molecule has 1 unspecified atom stereocenters. The average molecular weight is 174 g/mol. The summed E-state index contributed by atoms with van der Waals surface area (Å²) in [5.74, 6) is -0.905. The summed E-state index contributed by atoms with van der Waals surface area (Å²) >= 11 is 0. The van der Waals surface area contributed by atoms with Crippen molar-refractivity contribution in [1.29, 1.82) is 0 Å². The largest absolute Gasteiger partial charge is 0.479 e. The number of aliphatic hydroxyl groups is 1. The second-order valence-electron chi connectivity index (χ2n) is 3.85. The van der Waals surface area contributed by atoms with Crippen molar-refractivity contribution in [2.75, 3.05) is 0 Å². The van der Waals surface area contributed by atoms with Crippen molar-refractivity contribution in [3.8, 4) is 0 Å². The monoisotopic (exact) mass is 174 g/mol. The molecule has 0 spiro atoms. The Balaban J connectivity index is 4.40. The van der Waals surface area contributed by atoms with E-state index in [1.165, 1.54) is 0 Å². The molecule has 0 aliphatic carbocycles. The Morgan fingerprint density at radius 3 is 1.50 bits per heavy atom. The number of carbonyl (C=O) groups is 1. The summed E-state index contributed by atoms with van der Waals surface area (Å²) in [6.45, 7) is 7.71. The van der Waals surface area contributed by atoms with Gasteiger partial charge in [0.15, 0.2) is 6.10 Å². The molecular formula is C9H18O3. The van der Waals surface area contributed by atoms with Crippen LogP contribution >= 0.6 is 0 Å². The van der Waals surface area contributed by atoms with Crippen LogP contribution in [0.4, 0.5) is 0 Å². The van der Waals surface area contributed by atoms with Crippen molar-refractivity contribution in [2.45, 2.75) is 33.8 Å². The summed E-state index contributed by atoms with van der Waals surface area (Å²) in [7, 11) is 0. The molecule has 0 aliphatic heterocycles. The van der Waals surface area contributed by atoms with E-state index in [0.717, 1.165) is 0 Å². The van der Waals surface area contributed by atoms with Gasteiger partial charge in [-0.2, -0.15) is 0 Å². The number of aliphatic hydroxyl groups excluding tert-OH is 1. The third kappa shape index (κ3) is 2.81. The van der Waals surface area contributed by atoms with Crippen molar-refractivity contribution in [1.82, 2.24) is 0 Å². The van der Waals surface area contributed by atoms with Crippen LogP contribution in [0.25, 0.3) is 0 Å². The minimum Gasteiger partial charge on any atom is -0.479 e. The van der Waals surface area contributed by atoms with Gasteiger partial charge in [-0.05, 0) is 11.8 Å². The highest BCUT2D eigenvalue weighted by atomic mass is 16.4. The molecule has 0 aromatic rings. The van der Waals surface area contributed by atoms with Gasteiger partial charge in [-0.15, -0.1) is 0 Å². The standard InChI is InChI=1S/C9H18O3/c1-5(2)7(6(3)4)8(10)9(11)12/h5-8,10H,1-4H3,(H,11,12). The fraction of sp³-hybridized carbons (Fsp3) is 0.889. The highest BCUT2D eigenvalue weighted by molar-refractivity contribution is 5.72. The van der Waals surface area contributed by atoms with E-state index >= 15 is 0 Å². The van der Waals surface area contributed by atoms with Gasteiger partial charge in [-0.1, -0.05) is 27.7 Å². The van der Waals surface area contributed by atoms with Crippen LogP contribution in [0, 0.1) is 17.8 Å². The minimum absolute atomic E-state index is 0.164. The fourth-order valence-electron chi connectivity index (χ4n) is 1.66. The molecule has 3 nitrogen and oxygen atoms in total. The van der Waals surface area contributed by atoms with Gasteiger partial charge < -0.3 is 10.2 Å². The van der Waals surface area contributed by atoms with Crippen molar-refractivity contribution < 1.29 is 15.0 Å². The minimum atomic E-state index is -1.23. The van der Waals surface area contributed by atoms with Crippen molar-refractivity contribution in [3.63, 3.8) is 0 Å². The Morgan fingerprint density at radius 1 is 1.08 bits per heavy atom. The Morgan fingerprint density at radius 2 is 1.42 bits per heavy atom. The molecule has 3 heteroatoms. The third-order valence-electron chi connectivity index (χ3n) is 2.16. The van der Waals surface area contributed by atoms with Gasteiger partial charge in [-0.25, -0.2) is 4.79 Å². The first kappa shape index (κ1) is 11.4. The summed E-state index contributed by atoms with van der Waals surface area (Å²) < 4.78 is 0. The van der Waals surface area contributed by atoms with Gasteiger partial charge in [0.05, 0.1) is 0 Å². The van der Waals surface area contributed by atoms with E-state index in [-0.39, 0.29) is 17.8 Å². The maximum absolute atomic E-state index is 10.5. The molecule has 2 N–H and O–H groups in total. The van der Waals surface area contributed by atoms with Crippen molar-refractivity contribution in [2.24, 2.45) is 17.8 Å². The maximum Gasteiger partial charge on any atom is 0.332 e. The SMILES string of the molecule is CC(C)C(C(C)C)C(O)C(=O)O. The summed E-state index contributed by atoms with van der Waals surface area (Å²) in [6.07, 6.45) is -1.23. The molecule has 0 bridgehead atoms. The molecule has 12 heavy (non-hydrogen) atoms. The molecule has 0 fully saturated rings. The highest BCUT2D eigenvalue weighted by Gasteiger charge is 2.30. The van der Waals surface area contributed by atoms with Crippen LogP contribution in [0.2, 0.25) is 0 Å². The Bertz CT molecular complexity index is 144. The average Bonchev–Trinajstić information content (AvgIpc) is 1.85. The Labute approximate surface area is 73.4 Å². The zero-order chi connectivity index (χ0) is 9.89. The van der Waals surface area contributed by atoms with E-state index in [0.29, 0.717) is 0 Å². The smallest absolute Gasteiger partial charge is 0.332 e. The quantitative estimate of drug-likeness (QED) is 0.676. The van der Waals surface area contributed by atoms with Crippen LogP contribution in [0.5, 0.6) is 0 Å². The summed E-state index contributed by atoms with van der Waals surface area (Å²) in [5, 5.41) is 17.9. The molecule has 0 radical (unpaired) electrons. The fourth-order valence-corrected chi connectivity index (χ4v) is 1.66. The molecule has 0 aliphatic rings. The molecule has 72 valence electrons. The zero-order valence-corrected chi connectivity index (χ0v) is 8.11. The number of hydrogen-bond donors (Lipinski definition) is 2. The first-order valence-corrected chi connectivity index (χ1v) is 4.28. The molecule has 0 aromatic heterocycles. The Hall–Kier alpha value is -0.570. The van der Waals surface area contributed by atoms with Crippen LogP contribution in [0.15, 0.2) is 0 Å². The van der Waals surface area contributed by atoms with Crippen LogP contribution in [-0.4, -0.2) is 22.3 Å². The second kappa shape index (κ2) is 4.45. The zero-order valence-electron chi connectivity index (χ0n) is 8.11. The van der Waals surface area contributed by atoms with Gasteiger partial charge in [0.2, 0.25) is 0 Å². The van der Waals surface area contributed by atoms with Crippen LogP contribution in [0.1, 0.15) is 27.7 Å². The van der Waals surface area contributed by atoms with Gasteiger partial charge in [0, 0.05) is 5.92 Å². The van der Waals surface area contributed by atoms with Gasteiger partial charge in [0.25, 0.3) is 0 Å². The lowest BCUT2D eigenvalue weighted by Crippen LogP contribution is -2.35. The molecular weight excluding hydrogens is 156 g/mol. The number of aliphatic carboxylic acids is 1. The first-order valence-electron chi connectivity index (χ1n) is 4.28. The normalized spacial score (nSPS) is 14.3. The Kier molecular flexibility index (Phi) is 4.24. The number of carboxylic acids is 1. The van der Waals surface area contributed by atoms with E-state index in [9.17, 15) is 9.90 Å². The molecule has 0 rings (SSSR count). The van der Waals surface area contributed by atoms with Crippen LogP contribution < -0.4 is 0 Å². The predicted molar refractivity (Wildman–Crippen MR) is 46.8 cm³/mol. The second-order valence-corrected chi connectivity index (χ2v) is 3.85. The molecule has 1 atom stereocenters. The van der Waals surface area contributed by atoms with Gasteiger partial charge >= 0.3 is 5.97 Å². The maximum atomic E-state index is 10.5. The van der Waals surface area contributed by atoms with Crippen LogP contribution in [-0.2, 0) is 4.79 Å². The van der Waals surface area contributed by atoms with E-state index in [4.69, 9.17) is 5.11 Å². The molecule has 0 saturated heterocycles. The van der Waals surface area contributed by atoms with E-state index in [2.05, 4.69) is 0 Å². The number of hydrogen-bond acceptors (Lipinski definition) is 2. The first-order chi connectivity index (χ1) is 5.37. The lowest BCUT2D eigenvalue weighted by molar-refractivity contribution is -0.152. The number of rotatable bonds is 4. The third-order valence-corrected chi connectivity index (χ3v) is 2.16. The predicted octanol–water partition coefficient (Wildman–Crippen LogP) is 1.36. The van der Waals surface area contributed by atoms with Gasteiger partial charge in [-0.3, -0.25) is 0 Å². The van der Waals surface area contributed by atoms with E-state index in [1.54, 1.807) is 0 Å². The van der Waals surface area contributed by atoms with Crippen molar-refractivity contribution >= 4 is 5.97 Å². The van der Waals surface area contributed by atoms with Crippen molar-refractivity contribution in [3.05, 3.63) is 0 Å². The van der Waals surface area contributed by atoms with Crippen LogP contribution in [0.3, 0.4) is 0 Å². The lowest BCUT2D eigenvalue weighted by Gasteiger charge is -2.27. The highest BCUT2D eigenvalue weighted by Crippen LogP contribution is 2.24. The van der Waals surface area contributed by atoms with E-state index in [1.807, 2.05) is 27.7 Å². The number of carboxylic acid groups (broad SMARTS) is 1. The lowest BCUT2D eigenvalue weighted by atomic mass is 9.81. The van der Waals surface area contributed by atoms with E-state index < -0.39 is 12.1 Å². The van der Waals surface area contributed by atoms with Gasteiger partial charge in [0.1, 0.15) is 0 Å². The molecule has 0 amide bonds. The summed E-state index contributed by atoms with van der Waals surface area (Å²) in [4.78, 5) is 10.5.